The summed E-state index contributed by atoms with van der Waals surface area (Å²) in [6.45, 7) is 2.03. The van der Waals surface area contributed by atoms with Crippen LogP contribution >= 0.6 is 0 Å². The first-order valence-electron chi connectivity index (χ1n) is 6.77. The van der Waals surface area contributed by atoms with E-state index in [0.717, 1.165) is 11.4 Å². The lowest BCUT2D eigenvalue weighted by molar-refractivity contribution is 0.329. The van der Waals surface area contributed by atoms with Crippen molar-refractivity contribution in [2.45, 2.75) is 51.5 Å². The van der Waals surface area contributed by atoms with Crippen molar-refractivity contribution in [2.75, 3.05) is 7.05 Å². The van der Waals surface area contributed by atoms with Crippen molar-refractivity contribution in [2.24, 2.45) is 5.92 Å². The van der Waals surface area contributed by atoms with E-state index in [1.165, 1.54) is 38.5 Å². The molecular formula is C14H23N3. The minimum Gasteiger partial charge on any atom is -0.310 e. The number of aryl methyl sites for hydroxylation is 1. The summed E-state index contributed by atoms with van der Waals surface area (Å²) in [5.41, 5.74) is 1.13. The zero-order valence-corrected chi connectivity index (χ0v) is 10.9. The molecule has 0 aromatic carbocycles. The number of aromatic nitrogens is 2. The lowest BCUT2D eigenvalue weighted by Gasteiger charge is -2.24. The first kappa shape index (κ1) is 12.5. The molecule has 0 aliphatic heterocycles. The quantitative estimate of drug-likeness (QED) is 0.815. The second-order valence-corrected chi connectivity index (χ2v) is 5.14. The lowest BCUT2D eigenvalue weighted by Crippen LogP contribution is -2.27. The van der Waals surface area contributed by atoms with Gasteiger partial charge in [-0.05, 0) is 38.3 Å². The summed E-state index contributed by atoms with van der Waals surface area (Å²) in [7, 11) is 2.03. The number of hydrogen-bond acceptors (Lipinski definition) is 3. The third-order valence-electron chi connectivity index (χ3n) is 3.76. The Kier molecular flexibility index (Phi) is 4.49. The lowest BCUT2D eigenvalue weighted by atomic mass is 9.91. The van der Waals surface area contributed by atoms with Gasteiger partial charge in [0.2, 0.25) is 0 Å². The summed E-state index contributed by atoms with van der Waals surface area (Å²) in [5.74, 6) is 1.66. The van der Waals surface area contributed by atoms with E-state index in [0.29, 0.717) is 12.0 Å². The Balaban J connectivity index is 2.11. The van der Waals surface area contributed by atoms with E-state index in [1.54, 1.807) is 0 Å². The third kappa shape index (κ3) is 3.25. The third-order valence-corrected chi connectivity index (χ3v) is 3.76. The molecule has 1 aromatic rings. The smallest absolute Gasteiger partial charge is 0.145 e. The van der Waals surface area contributed by atoms with Crippen LogP contribution in [0.3, 0.4) is 0 Å². The van der Waals surface area contributed by atoms with E-state index in [4.69, 9.17) is 0 Å². The number of nitrogens with zero attached hydrogens (tertiary/aromatic N) is 2. The number of nitrogens with one attached hydrogen (secondary N) is 1. The minimum atomic E-state index is 0.327. The fourth-order valence-corrected chi connectivity index (χ4v) is 2.78. The molecule has 0 spiro atoms. The van der Waals surface area contributed by atoms with Crippen molar-refractivity contribution >= 4 is 0 Å². The van der Waals surface area contributed by atoms with Crippen LogP contribution in [0.2, 0.25) is 0 Å². The molecule has 1 aliphatic carbocycles. The van der Waals surface area contributed by atoms with E-state index in [2.05, 4.69) is 15.3 Å². The summed E-state index contributed by atoms with van der Waals surface area (Å²) in [5, 5.41) is 3.41. The number of rotatable bonds is 3. The fraction of sp³-hybridized carbons (Fsp3) is 0.714. The molecule has 1 atom stereocenters. The van der Waals surface area contributed by atoms with Gasteiger partial charge in [0.15, 0.2) is 0 Å². The normalized spacial score (nSPS) is 19.9. The largest absolute Gasteiger partial charge is 0.310 e. The van der Waals surface area contributed by atoms with Crippen LogP contribution in [-0.4, -0.2) is 17.0 Å². The molecule has 3 heteroatoms. The summed E-state index contributed by atoms with van der Waals surface area (Å²) < 4.78 is 0. The maximum Gasteiger partial charge on any atom is 0.145 e. The zero-order valence-electron chi connectivity index (χ0n) is 10.9. The van der Waals surface area contributed by atoms with Gasteiger partial charge in [-0.25, -0.2) is 9.97 Å². The standard InChI is InChI=1S/C14H23N3/c1-11-9-16-14(17-10-11)13(15-2)12-7-5-3-4-6-8-12/h9-10,12-13,15H,3-8H2,1-2H3. The minimum absolute atomic E-state index is 0.327. The van der Waals surface area contributed by atoms with Gasteiger partial charge in [-0.3, -0.25) is 0 Å². The van der Waals surface area contributed by atoms with Gasteiger partial charge in [-0.1, -0.05) is 25.7 Å². The van der Waals surface area contributed by atoms with Gasteiger partial charge < -0.3 is 5.32 Å². The van der Waals surface area contributed by atoms with Gasteiger partial charge in [0, 0.05) is 12.4 Å². The molecule has 1 unspecified atom stereocenters. The molecule has 0 bridgehead atoms. The first-order valence-corrected chi connectivity index (χ1v) is 6.77. The molecule has 17 heavy (non-hydrogen) atoms. The highest BCUT2D eigenvalue weighted by Gasteiger charge is 2.24. The Hall–Kier alpha value is -0.960. The molecule has 1 N–H and O–H groups in total. The van der Waals surface area contributed by atoms with Crippen LogP contribution in [0, 0.1) is 12.8 Å². The van der Waals surface area contributed by atoms with Crippen LogP contribution in [0.4, 0.5) is 0 Å². The van der Waals surface area contributed by atoms with Gasteiger partial charge in [-0.2, -0.15) is 0 Å². The van der Waals surface area contributed by atoms with Crippen LogP contribution in [0.1, 0.15) is 56.0 Å². The van der Waals surface area contributed by atoms with Gasteiger partial charge in [0.25, 0.3) is 0 Å². The van der Waals surface area contributed by atoms with Crippen molar-refractivity contribution in [3.05, 3.63) is 23.8 Å². The second-order valence-electron chi connectivity index (χ2n) is 5.14. The van der Waals surface area contributed by atoms with Gasteiger partial charge >= 0.3 is 0 Å². The summed E-state index contributed by atoms with van der Waals surface area (Å²) in [6.07, 6.45) is 11.9. The predicted octanol–water partition coefficient (Wildman–Crippen LogP) is 3.02. The molecule has 0 radical (unpaired) electrons. The molecule has 2 rings (SSSR count). The highest BCUT2D eigenvalue weighted by molar-refractivity contribution is 5.05. The average Bonchev–Trinajstić information content (AvgIpc) is 2.62. The molecule has 3 nitrogen and oxygen atoms in total. The summed E-state index contributed by atoms with van der Waals surface area (Å²) in [6, 6.07) is 0.327. The van der Waals surface area contributed by atoms with Crippen molar-refractivity contribution in [1.29, 1.82) is 0 Å². The van der Waals surface area contributed by atoms with Gasteiger partial charge in [-0.15, -0.1) is 0 Å². The monoisotopic (exact) mass is 233 g/mol. The van der Waals surface area contributed by atoms with Crippen molar-refractivity contribution in [1.82, 2.24) is 15.3 Å². The Bertz CT molecular complexity index is 326. The highest BCUT2D eigenvalue weighted by atomic mass is 15.0. The maximum absolute atomic E-state index is 4.48. The molecule has 1 aliphatic rings. The molecule has 94 valence electrons. The predicted molar refractivity (Wildman–Crippen MR) is 69.8 cm³/mol. The molecular weight excluding hydrogens is 210 g/mol. The van der Waals surface area contributed by atoms with Crippen molar-refractivity contribution < 1.29 is 0 Å². The first-order chi connectivity index (χ1) is 8.31. The highest BCUT2D eigenvalue weighted by Crippen LogP contribution is 2.31. The summed E-state index contributed by atoms with van der Waals surface area (Å²) >= 11 is 0. The zero-order chi connectivity index (χ0) is 12.1. The SMILES string of the molecule is CNC(c1ncc(C)cn1)C1CCCCCC1. The summed E-state index contributed by atoms with van der Waals surface area (Å²) in [4.78, 5) is 8.96. The van der Waals surface area contributed by atoms with Crippen molar-refractivity contribution in [3.8, 4) is 0 Å². The Morgan fingerprint density at radius 2 is 1.71 bits per heavy atom. The molecule has 1 aromatic heterocycles. The molecule has 1 saturated carbocycles. The molecule has 1 fully saturated rings. The van der Waals surface area contributed by atoms with Crippen LogP contribution < -0.4 is 5.32 Å². The van der Waals surface area contributed by atoms with E-state index in [-0.39, 0.29) is 0 Å². The van der Waals surface area contributed by atoms with E-state index >= 15 is 0 Å². The Labute approximate surface area is 104 Å². The topological polar surface area (TPSA) is 37.8 Å². The molecule has 0 amide bonds. The van der Waals surface area contributed by atoms with E-state index in [1.807, 2.05) is 26.4 Å². The van der Waals surface area contributed by atoms with Gasteiger partial charge in [0.1, 0.15) is 5.82 Å². The maximum atomic E-state index is 4.48. The second kappa shape index (κ2) is 6.10. The number of hydrogen-bond donors (Lipinski definition) is 1. The van der Waals surface area contributed by atoms with Crippen LogP contribution in [0.5, 0.6) is 0 Å². The average molecular weight is 233 g/mol. The Morgan fingerprint density at radius 3 is 2.24 bits per heavy atom. The Morgan fingerprint density at radius 1 is 1.12 bits per heavy atom. The molecule has 1 heterocycles. The van der Waals surface area contributed by atoms with Crippen molar-refractivity contribution in [3.63, 3.8) is 0 Å². The molecule has 0 saturated heterocycles. The van der Waals surface area contributed by atoms with Crippen LogP contribution in [-0.2, 0) is 0 Å². The fourth-order valence-electron chi connectivity index (χ4n) is 2.78. The van der Waals surface area contributed by atoms with Crippen LogP contribution in [0.25, 0.3) is 0 Å². The van der Waals surface area contributed by atoms with E-state index < -0.39 is 0 Å². The van der Waals surface area contributed by atoms with Crippen LogP contribution in [0.15, 0.2) is 12.4 Å². The van der Waals surface area contributed by atoms with Gasteiger partial charge in [0.05, 0.1) is 6.04 Å². The van der Waals surface area contributed by atoms with E-state index in [9.17, 15) is 0 Å².